The zero-order valence-corrected chi connectivity index (χ0v) is 15.5. The van der Waals surface area contributed by atoms with Gasteiger partial charge in [0.2, 0.25) is 0 Å². The normalized spacial score (nSPS) is 15.4. The molecule has 0 unspecified atom stereocenters. The lowest BCUT2D eigenvalue weighted by molar-refractivity contribution is -0.148. The molecule has 2 heterocycles. The summed E-state index contributed by atoms with van der Waals surface area (Å²) < 4.78 is 5.12. The second-order valence-electron chi connectivity index (χ2n) is 6.23. The van der Waals surface area contributed by atoms with E-state index in [2.05, 4.69) is 11.8 Å². The van der Waals surface area contributed by atoms with Crippen molar-refractivity contribution in [1.29, 1.82) is 0 Å². The van der Waals surface area contributed by atoms with Crippen molar-refractivity contribution in [2.24, 2.45) is 5.92 Å². The molecule has 0 aliphatic carbocycles. The van der Waals surface area contributed by atoms with Gasteiger partial charge in [-0.2, -0.15) is 0 Å². The fraction of sp³-hybridized carbons (Fsp3) is 0.474. The first-order valence-electron chi connectivity index (χ1n) is 8.81. The van der Waals surface area contributed by atoms with Crippen molar-refractivity contribution in [3.05, 3.63) is 29.1 Å². The third-order valence-corrected chi connectivity index (χ3v) is 5.52. The topological polar surface area (TPSA) is 62.7 Å². The molecule has 0 spiro atoms. The van der Waals surface area contributed by atoms with Crippen LogP contribution in [0.25, 0.3) is 11.3 Å². The molecular weight excluding hydrogens is 336 g/mol. The molecule has 1 fully saturated rings. The number of phenolic OH excluding ortho intramolecular Hbond substituents is 1. The predicted molar refractivity (Wildman–Crippen MR) is 100 cm³/mol. The van der Waals surface area contributed by atoms with Crippen LogP contribution in [0.3, 0.4) is 0 Å². The van der Waals surface area contributed by atoms with Crippen LogP contribution in [0.5, 0.6) is 5.75 Å². The Balaban J connectivity index is 1.70. The Bertz CT molecular complexity index is 736. The van der Waals surface area contributed by atoms with E-state index in [1.165, 1.54) is 5.56 Å². The number of aryl methyl sites for hydroxylation is 1. The second-order valence-corrected chi connectivity index (χ2v) is 7.07. The lowest BCUT2D eigenvalue weighted by Crippen LogP contribution is -2.36. The number of aromatic nitrogens is 1. The van der Waals surface area contributed by atoms with E-state index in [-0.39, 0.29) is 17.6 Å². The summed E-state index contributed by atoms with van der Waals surface area (Å²) >= 11 is 1.58. The Hall–Kier alpha value is -2.08. The number of ether oxygens (including phenoxy) is 1. The van der Waals surface area contributed by atoms with Crippen LogP contribution in [0.15, 0.2) is 23.6 Å². The Morgan fingerprint density at radius 1 is 1.36 bits per heavy atom. The quantitative estimate of drug-likeness (QED) is 0.821. The van der Waals surface area contributed by atoms with Crippen LogP contribution in [0.2, 0.25) is 0 Å². The highest BCUT2D eigenvalue weighted by atomic mass is 32.1. The van der Waals surface area contributed by atoms with Gasteiger partial charge in [-0.25, -0.2) is 4.98 Å². The Labute approximate surface area is 152 Å². The molecule has 0 bridgehead atoms. The summed E-state index contributed by atoms with van der Waals surface area (Å²) in [5, 5.41) is 13.1. The van der Waals surface area contributed by atoms with Crippen molar-refractivity contribution in [3.63, 3.8) is 0 Å². The summed E-state index contributed by atoms with van der Waals surface area (Å²) in [6, 6.07) is 5.67. The van der Waals surface area contributed by atoms with Gasteiger partial charge in [-0.3, -0.25) is 4.79 Å². The van der Waals surface area contributed by atoms with Gasteiger partial charge in [-0.05, 0) is 43.9 Å². The summed E-state index contributed by atoms with van der Waals surface area (Å²) in [5.41, 5.74) is 2.76. The van der Waals surface area contributed by atoms with Crippen molar-refractivity contribution >= 4 is 22.4 Å². The Morgan fingerprint density at radius 2 is 2.12 bits per heavy atom. The zero-order valence-electron chi connectivity index (χ0n) is 14.7. The van der Waals surface area contributed by atoms with Crippen molar-refractivity contribution in [2.75, 3.05) is 24.6 Å². The number of hydrogen-bond donors (Lipinski definition) is 1. The molecule has 3 rings (SSSR count). The molecule has 1 N–H and O–H groups in total. The predicted octanol–water partition coefficient (Wildman–Crippen LogP) is 3.86. The number of rotatable bonds is 5. The molecule has 1 aliphatic heterocycles. The van der Waals surface area contributed by atoms with Crippen LogP contribution in [0.1, 0.15) is 32.3 Å². The average molecular weight is 360 g/mol. The third kappa shape index (κ3) is 3.95. The number of anilines is 1. The molecule has 5 nitrogen and oxygen atoms in total. The van der Waals surface area contributed by atoms with Gasteiger partial charge in [0.15, 0.2) is 5.13 Å². The van der Waals surface area contributed by atoms with E-state index in [1.54, 1.807) is 17.4 Å². The van der Waals surface area contributed by atoms with Crippen LogP contribution in [0, 0.1) is 5.92 Å². The number of piperidine rings is 1. The number of benzene rings is 1. The van der Waals surface area contributed by atoms with Gasteiger partial charge >= 0.3 is 5.97 Å². The number of hydrogen-bond acceptors (Lipinski definition) is 6. The van der Waals surface area contributed by atoms with Crippen LogP contribution in [0.4, 0.5) is 5.13 Å². The molecule has 0 amide bonds. The fourth-order valence-electron chi connectivity index (χ4n) is 3.11. The molecule has 0 saturated carbocycles. The monoisotopic (exact) mass is 360 g/mol. The summed E-state index contributed by atoms with van der Waals surface area (Å²) in [7, 11) is 0. The van der Waals surface area contributed by atoms with Crippen LogP contribution < -0.4 is 4.90 Å². The van der Waals surface area contributed by atoms with E-state index < -0.39 is 0 Å². The largest absolute Gasteiger partial charge is 0.507 e. The summed E-state index contributed by atoms with van der Waals surface area (Å²) in [6.07, 6.45) is 2.51. The SMILES string of the molecule is CCOC(=O)C1CCN(c2nc(-c3cc(CC)ccc3O)cs2)CC1. The van der Waals surface area contributed by atoms with Crippen molar-refractivity contribution < 1.29 is 14.6 Å². The minimum absolute atomic E-state index is 0.000845. The lowest BCUT2D eigenvalue weighted by Gasteiger charge is -2.30. The summed E-state index contributed by atoms with van der Waals surface area (Å²) in [5.74, 6) is 0.180. The average Bonchev–Trinajstić information content (AvgIpc) is 3.12. The van der Waals surface area contributed by atoms with E-state index in [1.807, 2.05) is 24.4 Å². The second kappa shape index (κ2) is 7.87. The molecule has 25 heavy (non-hydrogen) atoms. The van der Waals surface area contributed by atoms with Crippen LogP contribution in [-0.4, -0.2) is 35.8 Å². The highest BCUT2D eigenvalue weighted by molar-refractivity contribution is 7.14. The first-order valence-corrected chi connectivity index (χ1v) is 9.69. The minimum Gasteiger partial charge on any atom is -0.507 e. The Morgan fingerprint density at radius 3 is 2.80 bits per heavy atom. The molecule has 134 valence electrons. The summed E-state index contributed by atoms with van der Waals surface area (Å²) in [4.78, 5) is 18.8. The highest BCUT2D eigenvalue weighted by Crippen LogP contribution is 2.35. The number of phenols is 1. The van der Waals surface area contributed by atoms with Crippen molar-refractivity contribution in [3.8, 4) is 17.0 Å². The zero-order chi connectivity index (χ0) is 17.8. The molecule has 6 heteroatoms. The molecule has 1 aromatic carbocycles. The first-order chi connectivity index (χ1) is 12.1. The van der Waals surface area contributed by atoms with Gasteiger partial charge < -0.3 is 14.7 Å². The number of nitrogens with zero attached hydrogens (tertiary/aromatic N) is 2. The number of carbonyl (C=O) groups excluding carboxylic acids is 1. The minimum atomic E-state index is -0.0803. The first kappa shape index (κ1) is 17.7. The maximum Gasteiger partial charge on any atom is 0.309 e. The van der Waals surface area contributed by atoms with E-state index in [4.69, 9.17) is 9.72 Å². The Kier molecular flexibility index (Phi) is 5.58. The van der Waals surface area contributed by atoms with Gasteiger partial charge in [-0.1, -0.05) is 13.0 Å². The van der Waals surface area contributed by atoms with E-state index >= 15 is 0 Å². The van der Waals surface area contributed by atoms with E-state index in [0.29, 0.717) is 6.61 Å². The maximum atomic E-state index is 11.8. The number of aromatic hydroxyl groups is 1. The number of carbonyl (C=O) groups is 1. The van der Waals surface area contributed by atoms with Gasteiger partial charge in [-0.15, -0.1) is 11.3 Å². The van der Waals surface area contributed by atoms with Crippen molar-refractivity contribution in [1.82, 2.24) is 4.98 Å². The number of thiazole rings is 1. The number of esters is 1. The summed E-state index contributed by atoms with van der Waals surface area (Å²) in [6.45, 7) is 5.98. The maximum absolute atomic E-state index is 11.8. The van der Waals surface area contributed by atoms with Crippen LogP contribution >= 0.6 is 11.3 Å². The van der Waals surface area contributed by atoms with Gasteiger partial charge in [0.05, 0.1) is 18.2 Å². The molecule has 0 radical (unpaired) electrons. The molecule has 2 aromatic rings. The van der Waals surface area contributed by atoms with Gasteiger partial charge in [0, 0.05) is 24.0 Å². The van der Waals surface area contributed by atoms with Gasteiger partial charge in [0.1, 0.15) is 5.75 Å². The highest BCUT2D eigenvalue weighted by Gasteiger charge is 2.27. The molecule has 0 atom stereocenters. The van der Waals surface area contributed by atoms with Crippen molar-refractivity contribution in [2.45, 2.75) is 33.1 Å². The third-order valence-electron chi connectivity index (χ3n) is 4.62. The molecule has 1 saturated heterocycles. The van der Waals surface area contributed by atoms with Crippen LogP contribution in [-0.2, 0) is 16.0 Å². The van der Waals surface area contributed by atoms with Gasteiger partial charge in [0.25, 0.3) is 0 Å². The van der Waals surface area contributed by atoms with E-state index in [0.717, 1.165) is 48.7 Å². The molecular formula is C19H24N2O3S. The fourth-order valence-corrected chi connectivity index (χ4v) is 3.99. The lowest BCUT2D eigenvalue weighted by atomic mass is 9.97. The molecule has 1 aromatic heterocycles. The standard InChI is InChI=1S/C19H24N2O3S/c1-3-13-5-6-17(22)15(11-13)16-12-25-19(20-16)21-9-7-14(8-10-21)18(23)24-4-2/h5-6,11-12,14,22H,3-4,7-10H2,1-2H3. The van der Waals surface area contributed by atoms with E-state index in [9.17, 15) is 9.90 Å². The smallest absolute Gasteiger partial charge is 0.309 e. The molecule has 1 aliphatic rings.